The number of benzene rings is 1. The van der Waals surface area contributed by atoms with E-state index in [1.807, 2.05) is 52.0 Å². The van der Waals surface area contributed by atoms with E-state index >= 15 is 0 Å². The molecule has 1 fully saturated rings. The fourth-order valence-corrected chi connectivity index (χ4v) is 2.03. The number of piperidine rings is 1. The Balaban J connectivity index is 0.000000255. The number of hydrogen-bond donors (Lipinski definition) is 1. The van der Waals surface area contributed by atoms with Crippen LogP contribution in [0.4, 0.5) is 4.79 Å². The molecule has 2 rings (SSSR count). The molecule has 0 aromatic heterocycles. The minimum absolute atomic E-state index is 0.256. The van der Waals surface area contributed by atoms with E-state index in [1.165, 1.54) is 5.56 Å². The molecule has 0 spiro atoms. The molecule has 1 N–H and O–H groups in total. The summed E-state index contributed by atoms with van der Waals surface area (Å²) < 4.78 is 5.22. The number of amides is 1. The number of aliphatic hydroxyl groups is 1. The normalized spacial score (nSPS) is 15.8. The first kappa shape index (κ1) is 18.8. The molecule has 22 heavy (non-hydrogen) atoms. The lowest BCUT2D eigenvalue weighted by atomic mass is 10.1. The zero-order valence-electron chi connectivity index (χ0n) is 13.8. The van der Waals surface area contributed by atoms with Crippen LogP contribution in [0.5, 0.6) is 0 Å². The zero-order chi connectivity index (χ0) is 16.8. The Morgan fingerprint density at radius 2 is 1.73 bits per heavy atom. The van der Waals surface area contributed by atoms with E-state index in [9.17, 15) is 9.90 Å². The van der Waals surface area contributed by atoms with Crippen molar-refractivity contribution >= 4 is 17.7 Å². The van der Waals surface area contributed by atoms with Crippen molar-refractivity contribution in [1.82, 2.24) is 4.90 Å². The van der Waals surface area contributed by atoms with E-state index in [0.29, 0.717) is 25.9 Å². The predicted molar refractivity (Wildman–Crippen MR) is 89.2 cm³/mol. The second kappa shape index (κ2) is 8.39. The molecular formula is C17H26ClNO3. The molecule has 0 unspecified atom stereocenters. The zero-order valence-corrected chi connectivity index (χ0v) is 14.6. The predicted octanol–water partition coefficient (Wildman–Crippen LogP) is 4.03. The number of ether oxygens (including phenoxy) is 1. The summed E-state index contributed by atoms with van der Waals surface area (Å²) in [4.78, 5) is 13.2. The van der Waals surface area contributed by atoms with Gasteiger partial charge < -0.3 is 14.7 Å². The van der Waals surface area contributed by atoms with Gasteiger partial charge in [0, 0.05) is 18.1 Å². The van der Waals surface area contributed by atoms with Crippen molar-refractivity contribution in [1.29, 1.82) is 0 Å². The van der Waals surface area contributed by atoms with E-state index in [1.54, 1.807) is 4.90 Å². The summed E-state index contributed by atoms with van der Waals surface area (Å²) in [6.07, 6.45) is 0.775. The third kappa shape index (κ3) is 7.66. The number of nitrogens with zero attached hydrogens (tertiary/aromatic N) is 1. The lowest BCUT2D eigenvalue weighted by molar-refractivity contribution is 0.0101. The number of rotatable bonds is 0. The summed E-state index contributed by atoms with van der Waals surface area (Å²) >= 11 is 5.61. The van der Waals surface area contributed by atoms with Gasteiger partial charge in [-0.1, -0.05) is 29.3 Å². The topological polar surface area (TPSA) is 49.8 Å². The van der Waals surface area contributed by atoms with E-state index in [2.05, 4.69) is 0 Å². The van der Waals surface area contributed by atoms with Gasteiger partial charge in [-0.15, -0.1) is 0 Å². The van der Waals surface area contributed by atoms with E-state index < -0.39 is 5.60 Å². The quantitative estimate of drug-likeness (QED) is 0.782. The summed E-state index contributed by atoms with van der Waals surface area (Å²) in [5.74, 6) is 0. The smallest absolute Gasteiger partial charge is 0.410 e. The average molecular weight is 328 g/mol. The van der Waals surface area contributed by atoms with Crippen LogP contribution in [0.25, 0.3) is 0 Å². The van der Waals surface area contributed by atoms with Crippen molar-refractivity contribution in [3.8, 4) is 0 Å². The average Bonchev–Trinajstić information content (AvgIpc) is 2.42. The number of carbonyl (C=O) groups excluding carboxylic acids is 1. The molecular weight excluding hydrogens is 302 g/mol. The standard InChI is InChI=1S/C10H19NO3.C7H7Cl/c1-10(2,3)14-9(13)11-6-4-8(12)5-7-11;1-6-2-4-7(8)5-3-6/h8,12H,4-7H2,1-3H3;2-5H,1H3. The summed E-state index contributed by atoms with van der Waals surface area (Å²) in [5.41, 5.74) is 0.807. The molecule has 1 heterocycles. The van der Waals surface area contributed by atoms with Gasteiger partial charge in [-0.05, 0) is 52.7 Å². The maximum atomic E-state index is 11.5. The van der Waals surface area contributed by atoms with Crippen LogP contribution in [0, 0.1) is 6.92 Å². The summed E-state index contributed by atoms with van der Waals surface area (Å²) in [6.45, 7) is 8.78. The molecule has 0 radical (unpaired) electrons. The molecule has 0 aliphatic carbocycles. The van der Waals surface area contributed by atoms with Crippen LogP contribution in [0.3, 0.4) is 0 Å². The van der Waals surface area contributed by atoms with E-state index in [4.69, 9.17) is 16.3 Å². The third-order valence-electron chi connectivity index (χ3n) is 3.13. The minimum Gasteiger partial charge on any atom is -0.444 e. The van der Waals surface area contributed by atoms with Crippen LogP contribution in [0.1, 0.15) is 39.2 Å². The number of halogens is 1. The Bertz CT molecular complexity index is 439. The van der Waals surface area contributed by atoms with Gasteiger partial charge in [-0.3, -0.25) is 0 Å². The van der Waals surface area contributed by atoms with Crippen LogP contribution < -0.4 is 0 Å². The Labute approximate surface area is 138 Å². The lowest BCUT2D eigenvalue weighted by Gasteiger charge is -2.31. The number of hydrogen-bond acceptors (Lipinski definition) is 3. The molecule has 0 atom stereocenters. The number of likely N-dealkylation sites (tertiary alicyclic amines) is 1. The van der Waals surface area contributed by atoms with E-state index in [-0.39, 0.29) is 12.2 Å². The van der Waals surface area contributed by atoms with Crippen molar-refractivity contribution in [3.05, 3.63) is 34.9 Å². The summed E-state index contributed by atoms with van der Waals surface area (Å²) in [6, 6.07) is 7.75. The Kier molecular flexibility index (Phi) is 7.17. The van der Waals surface area contributed by atoms with Crippen molar-refractivity contribution < 1.29 is 14.6 Å². The van der Waals surface area contributed by atoms with Crippen molar-refractivity contribution in [2.45, 2.75) is 52.2 Å². The molecule has 4 nitrogen and oxygen atoms in total. The highest BCUT2D eigenvalue weighted by atomic mass is 35.5. The number of aryl methyl sites for hydroxylation is 1. The first-order chi connectivity index (χ1) is 10.2. The lowest BCUT2D eigenvalue weighted by Crippen LogP contribution is -2.42. The molecule has 0 saturated carbocycles. The Morgan fingerprint density at radius 1 is 1.23 bits per heavy atom. The highest BCUT2D eigenvalue weighted by molar-refractivity contribution is 6.30. The van der Waals surface area contributed by atoms with Gasteiger partial charge in [-0.2, -0.15) is 0 Å². The maximum absolute atomic E-state index is 11.5. The molecule has 1 aliphatic rings. The molecule has 5 heteroatoms. The highest BCUT2D eigenvalue weighted by Gasteiger charge is 2.25. The fraction of sp³-hybridized carbons (Fsp3) is 0.588. The van der Waals surface area contributed by atoms with Gasteiger partial charge in [0.1, 0.15) is 5.60 Å². The van der Waals surface area contributed by atoms with E-state index in [0.717, 1.165) is 5.02 Å². The van der Waals surface area contributed by atoms with Gasteiger partial charge in [0.25, 0.3) is 0 Å². The molecule has 124 valence electrons. The third-order valence-corrected chi connectivity index (χ3v) is 3.38. The van der Waals surface area contributed by atoms with Gasteiger partial charge in [-0.25, -0.2) is 4.79 Å². The fourth-order valence-electron chi connectivity index (χ4n) is 1.91. The first-order valence-electron chi connectivity index (χ1n) is 7.55. The van der Waals surface area contributed by atoms with Crippen molar-refractivity contribution in [3.63, 3.8) is 0 Å². The van der Waals surface area contributed by atoms with Crippen LogP contribution in [-0.2, 0) is 4.74 Å². The number of carbonyl (C=O) groups is 1. The SMILES string of the molecule is CC(C)(C)OC(=O)N1CCC(O)CC1.Cc1ccc(Cl)cc1. The van der Waals surface area contributed by atoms with Crippen LogP contribution in [0.15, 0.2) is 24.3 Å². The molecule has 1 aromatic rings. The summed E-state index contributed by atoms with van der Waals surface area (Å²) in [5, 5.41) is 10.1. The van der Waals surface area contributed by atoms with Crippen molar-refractivity contribution in [2.75, 3.05) is 13.1 Å². The van der Waals surface area contributed by atoms with Crippen LogP contribution in [0.2, 0.25) is 5.02 Å². The monoisotopic (exact) mass is 327 g/mol. The highest BCUT2D eigenvalue weighted by Crippen LogP contribution is 2.15. The first-order valence-corrected chi connectivity index (χ1v) is 7.93. The maximum Gasteiger partial charge on any atom is 0.410 e. The molecule has 1 amide bonds. The second-order valence-electron chi connectivity index (χ2n) is 6.49. The van der Waals surface area contributed by atoms with Gasteiger partial charge in [0.15, 0.2) is 0 Å². The minimum atomic E-state index is -0.437. The molecule has 1 aromatic carbocycles. The molecule has 1 saturated heterocycles. The van der Waals surface area contributed by atoms with Gasteiger partial charge >= 0.3 is 6.09 Å². The van der Waals surface area contributed by atoms with Crippen LogP contribution in [-0.4, -0.2) is 40.9 Å². The van der Waals surface area contributed by atoms with Crippen molar-refractivity contribution in [2.24, 2.45) is 0 Å². The Morgan fingerprint density at radius 3 is 2.14 bits per heavy atom. The Hall–Kier alpha value is -1.26. The molecule has 1 aliphatic heterocycles. The molecule has 0 bridgehead atoms. The second-order valence-corrected chi connectivity index (χ2v) is 6.93. The van der Waals surface area contributed by atoms with Gasteiger partial charge in [0.2, 0.25) is 0 Å². The number of aliphatic hydroxyl groups excluding tert-OH is 1. The largest absolute Gasteiger partial charge is 0.444 e. The van der Waals surface area contributed by atoms with Crippen LogP contribution >= 0.6 is 11.6 Å². The summed E-state index contributed by atoms with van der Waals surface area (Å²) in [7, 11) is 0. The van der Waals surface area contributed by atoms with Gasteiger partial charge in [0.05, 0.1) is 6.10 Å².